The van der Waals surface area contributed by atoms with Crippen molar-refractivity contribution in [3.8, 4) is 0 Å². The number of aromatic amines is 1. The molecule has 2 aromatic carbocycles. The van der Waals surface area contributed by atoms with Crippen LogP contribution in [0.1, 0.15) is 57.4 Å². The molecule has 3 heterocycles. The summed E-state index contributed by atoms with van der Waals surface area (Å²) in [6.45, 7) is 8.25. The molecule has 2 N–H and O–H groups in total. The van der Waals surface area contributed by atoms with Gasteiger partial charge in [-0.25, -0.2) is 9.69 Å². The van der Waals surface area contributed by atoms with Crippen LogP contribution in [0.3, 0.4) is 0 Å². The number of imide groups is 1. The third-order valence-corrected chi connectivity index (χ3v) is 7.90. The number of benzene rings is 2. The molecule has 1 aromatic heterocycles. The third-order valence-electron chi connectivity index (χ3n) is 7.90. The van der Waals surface area contributed by atoms with E-state index in [1.54, 1.807) is 4.90 Å². The number of fused-ring (bicyclic) bond motifs is 5. The molecule has 0 unspecified atom stereocenters. The molecule has 2 aliphatic heterocycles. The number of carbonyl (C=O) groups excluding carboxylic acids is 3. The highest BCUT2D eigenvalue weighted by molar-refractivity contribution is 6.11. The Morgan fingerprint density at radius 2 is 1.76 bits per heavy atom. The number of nitrogens with zero attached hydrogens (tertiary/aromatic N) is 2. The highest BCUT2D eigenvalue weighted by atomic mass is 16.2. The van der Waals surface area contributed by atoms with Gasteiger partial charge in [-0.15, -0.1) is 0 Å². The molecular formula is C30H36N4O3. The van der Waals surface area contributed by atoms with Gasteiger partial charge in [0.25, 0.3) is 5.91 Å². The van der Waals surface area contributed by atoms with Crippen molar-refractivity contribution < 1.29 is 14.4 Å². The molecule has 0 radical (unpaired) electrons. The Bertz CT molecular complexity index is 1330. The average Bonchev–Trinajstić information content (AvgIpc) is 3.35. The van der Waals surface area contributed by atoms with E-state index in [0.717, 1.165) is 35.0 Å². The zero-order valence-electron chi connectivity index (χ0n) is 22.1. The minimum absolute atomic E-state index is 0.0892. The number of carbonyl (C=O) groups is 3. The van der Waals surface area contributed by atoms with Crippen LogP contribution in [0, 0.1) is 5.92 Å². The van der Waals surface area contributed by atoms with Gasteiger partial charge >= 0.3 is 6.03 Å². The quantitative estimate of drug-likeness (QED) is 0.438. The maximum Gasteiger partial charge on any atom is 0.328 e. The molecule has 1 fully saturated rings. The topological polar surface area (TPSA) is 85.5 Å². The summed E-state index contributed by atoms with van der Waals surface area (Å²) in [6, 6.07) is 16.8. The van der Waals surface area contributed by atoms with E-state index in [2.05, 4.69) is 28.5 Å². The Balaban J connectivity index is 1.40. The van der Waals surface area contributed by atoms with Crippen LogP contribution in [0.5, 0.6) is 0 Å². The first-order valence-corrected chi connectivity index (χ1v) is 13.3. The van der Waals surface area contributed by atoms with Gasteiger partial charge in [-0.05, 0) is 62.6 Å². The number of aromatic nitrogens is 1. The number of nitrogens with one attached hydrogen (secondary N) is 2. The summed E-state index contributed by atoms with van der Waals surface area (Å²) in [7, 11) is 0. The number of hydrogen-bond donors (Lipinski definition) is 2. The lowest BCUT2D eigenvalue weighted by Gasteiger charge is -2.36. The number of urea groups is 1. The van der Waals surface area contributed by atoms with Gasteiger partial charge in [0.2, 0.25) is 5.91 Å². The molecule has 3 atom stereocenters. The standard InChI is InChI=1S/C30H36N4O3/c1-19(2)18-25(27(35)31-20(3)14-15-21-10-6-5-7-11-21)34-28(36)30(4)26-23(16-17-33(30)29(34)37)22-12-8-9-13-24(22)32-26/h5-13,19-20,25,32H,14-18H2,1-4H3,(H,31,35)/t20-,25+,30+/m1/s1. The van der Waals surface area contributed by atoms with Gasteiger partial charge in [-0.3, -0.25) is 9.59 Å². The van der Waals surface area contributed by atoms with Gasteiger partial charge in [0.05, 0.1) is 5.69 Å². The molecule has 0 bridgehead atoms. The van der Waals surface area contributed by atoms with Gasteiger partial charge in [-0.2, -0.15) is 0 Å². The van der Waals surface area contributed by atoms with E-state index in [9.17, 15) is 14.4 Å². The Morgan fingerprint density at radius 1 is 1.05 bits per heavy atom. The average molecular weight is 501 g/mol. The third kappa shape index (κ3) is 4.30. The number of para-hydroxylation sites is 1. The van der Waals surface area contributed by atoms with Crippen molar-refractivity contribution >= 4 is 28.7 Å². The number of hydrogen-bond acceptors (Lipinski definition) is 3. The van der Waals surface area contributed by atoms with Crippen molar-refractivity contribution in [2.45, 2.75) is 71.0 Å². The predicted octanol–water partition coefficient (Wildman–Crippen LogP) is 4.76. The van der Waals surface area contributed by atoms with E-state index in [4.69, 9.17) is 0 Å². The second-order valence-corrected chi connectivity index (χ2v) is 11.0. The van der Waals surface area contributed by atoms with Gasteiger partial charge in [0, 0.05) is 23.5 Å². The molecule has 5 rings (SSSR count). The second-order valence-electron chi connectivity index (χ2n) is 11.0. The van der Waals surface area contributed by atoms with Crippen molar-refractivity contribution in [3.05, 3.63) is 71.4 Å². The van der Waals surface area contributed by atoms with Crippen LogP contribution in [0.2, 0.25) is 0 Å². The SMILES string of the molecule is CC(C)C[C@@H](C(=O)N[C@H](C)CCc1ccccc1)N1C(=O)N2CCc3c([nH]c4ccccc34)[C@@]2(C)C1=O. The first-order valence-electron chi connectivity index (χ1n) is 13.3. The maximum atomic E-state index is 14.1. The Hall–Kier alpha value is -3.61. The van der Waals surface area contributed by atoms with Crippen LogP contribution >= 0.6 is 0 Å². The van der Waals surface area contributed by atoms with Crippen LogP contribution in [0.25, 0.3) is 10.9 Å². The summed E-state index contributed by atoms with van der Waals surface area (Å²) in [4.78, 5) is 47.7. The van der Waals surface area contributed by atoms with Crippen LogP contribution in [0.15, 0.2) is 54.6 Å². The van der Waals surface area contributed by atoms with E-state index < -0.39 is 11.6 Å². The predicted molar refractivity (Wildman–Crippen MR) is 144 cm³/mol. The molecule has 7 heteroatoms. The van der Waals surface area contributed by atoms with Crippen molar-refractivity contribution in [2.24, 2.45) is 5.92 Å². The normalized spacial score (nSPS) is 20.8. The second kappa shape index (κ2) is 9.69. The minimum Gasteiger partial charge on any atom is -0.356 e. The Labute approximate surface area is 218 Å². The fourth-order valence-electron chi connectivity index (χ4n) is 5.91. The van der Waals surface area contributed by atoms with Crippen molar-refractivity contribution in [2.75, 3.05) is 6.54 Å². The molecule has 0 saturated carbocycles. The summed E-state index contributed by atoms with van der Waals surface area (Å²) in [5, 5.41) is 4.18. The van der Waals surface area contributed by atoms with Gasteiger partial charge in [0.1, 0.15) is 6.04 Å². The Morgan fingerprint density at radius 3 is 2.49 bits per heavy atom. The summed E-state index contributed by atoms with van der Waals surface area (Å²) in [6.07, 6.45) is 2.69. The number of H-pyrrole nitrogens is 1. The van der Waals surface area contributed by atoms with Crippen LogP contribution < -0.4 is 5.32 Å². The smallest absolute Gasteiger partial charge is 0.328 e. The number of aryl methyl sites for hydroxylation is 1. The highest BCUT2D eigenvalue weighted by Gasteiger charge is 2.60. The van der Waals surface area contributed by atoms with E-state index >= 15 is 0 Å². The summed E-state index contributed by atoms with van der Waals surface area (Å²) in [5.41, 5.74) is 2.86. The van der Waals surface area contributed by atoms with Gasteiger partial charge in [0.15, 0.2) is 5.54 Å². The van der Waals surface area contributed by atoms with E-state index in [-0.39, 0.29) is 29.8 Å². The summed E-state index contributed by atoms with van der Waals surface area (Å²) >= 11 is 0. The zero-order valence-corrected chi connectivity index (χ0v) is 22.1. The lowest BCUT2D eigenvalue weighted by molar-refractivity contribution is -0.140. The lowest BCUT2D eigenvalue weighted by atomic mass is 9.86. The van der Waals surface area contributed by atoms with E-state index in [1.165, 1.54) is 10.5 Å². The monoisotopic (exact) mass is 500 g/mol. The lowest BCUT2D eigenvalue weighted by Crippen LogP contribution is -2.53. The number of rotatable bonds is 8. The van der Waals surface area contributed by atoms with E-state index in [1.807, 2.05) is 64.1 Å². The fraction of sp³-hybridized carbons (Fsp3) is 0.433. The summed E-state index contributed by atoms with van der Waals surface area (Å²) in [5.74, 6) is -0.468. The number of amides is 4. The van der Waals surface area contributed by atoms with Crippen LogP contribution in [-0.2, 0) is 28.0 Å². The Kier molecular flexibility index (Phi) is 6.56. The molecule has 4 amide bonds. The minimum atomic E-state index is -1.15. The first-order chi connectivity index (χ1) is 17.7. The van der Waals surface area contributed by atoms with Gasteiger partial charge in [-0.1, -0.05) is 62.4 Å². The highest BCUT2D eigenvalue weighted by Crippen LogP contribution is 2.45. The van der Waals surface area contributed by atoms with Gasteiger partial charge < -0.3 is 15.2 Å². The molecular weight excluding hydrogens is 464 g/mol. The molecule has 37 heavy (non-hydrogen) atoms. The van der Waals surface area contributed by atoms with Crippen molar-refractivity contribution in [1.29, 1.82) is 0 Å². The van der Waals surface area contributed by atoms with Crippen molar-refractivity contribution in [1.82, 2.24) is 20.1 Å². The van der Waals surface area contributed by atoms with Crippen LogP contribution in [-0.4, -0.2) is 51.3 Å². The van der Waals surface area contributed by atoms with Crippen molar-refractivity contribution in [3.63, 3.8) is 0 Å². The fourth-order valence-corrected chi connectivity index (χ4v) is 5.91. The molecule has 194 valence electrons. The first kappa shape index (κ1) is 25.1. The molecule has 0 aliphatic carbocycles. The zero-order chi connectivity index (χ0) is 26.3. The summed E-state index contributed by atoms with van der Waals surface area (Å²) < 4.78 is 0. The molecule has 1 saturated heterocycles. The molecule has 2 aliphatic rings. The largest absolute Gasteiger partial charge is 0.356 e. The molecule has 0 spiro atoms. The maximum absolute atomic E-state index is 14.1. The molecule has 3 aromatic rings. The van der Waals surface area contributed by atoms with E-state index in [0.29, 0.717) is 19.4 Å². The van der Waals surface area contributed by atoms with Crippen LogP contribution in [0.4, 0.5) is 4.79 Å². The molecule has 7 nitrogen and oxygen atoms in total.